The Morgan fingerprint density at radius 1 is 1.15 bits per heavy atom. The minimum Gasteiger partial charge on any atom is -0.497 e. The third-order valence-corrected chi connectivity index (χ3v) is 5.85. The van der Waals surface area contributed by atoms with Crippen LogP contribution in [0.2, 0.25) is 0 Å². The molecule has 1 amide bonds. The van der Waals surface area contributed by atoms with Crippen molar-refractivity contribution in [1.82, 2.24) is 24.8 Å². The minimum atomic E-state index is -1.18. The van der Waals surface area contributed by atoms with Crippen LogP contribution in [0.3, 0.4) is 0 Å². The van der Waals surface area contributed by atoms with Gasteiger partial charge in [-0.1, -0.05) is 12.1 Å². The summed E-state index contributed by atoms with van der Waals surface area (Å²) in [6.45, 7) is -0.406. The fourth-order valence-corrected chi connectivity index (χ4v) is 4.04. The van der Waals surface area contributed by atoms with Gasteiger partial charge < -0.3 is 63.0 Å². The molecule has 18 heteroatoms. The molecule has 15 N–H and O–H groups in total. The first-order chi connectivity index (χ1) is 16.3. The molecule has 1 aromatic carbocycles. The van der Waals surface area contributed by atoms with Crippen molar-refractivity contribution in [3.05, 3.63) is 42.5 Å². The summed E-state index contributed by atoms with van der Waals surface area (Å²) in [6.07, 6.45) is 0.250. The number of aliphatic hydroxyl groups is 2. The van der Waals surface area contributed by atoms with Gasteiger partial charge in [0.05, 0.1) is 32.1 Å². The van der Waals surface area contributed by atoms with Gasteiger partial charge in [-0.3, -0.25) is 9.36 Å². The molecule has 17 nitrogen and oxygen atoms in total. The molecule has 40 heavy (non-hydrogen) atoms. The summed E-state index contributed by atoms with van der Waals surface area (Å²) < 4.78 is 12.6. The Labute approximate surface area is 235 Å². The lowest BCUT2D eigenvalue weighted by Gasteiger charge is -2.23. The SMILES string of the molecule is COc1ccc(CC(N)C(=O)NC2C(CO)OC(n3cnc4c(N(C)C)ncnc43)C2O)cc1.Cl.O.O.O.O.O. The van der Waals surface area contributed by atoms with Crippen molar-refractivity contribution in [1.29, 1.82) is 0 Å². The first-order valence-electron chi connectivity index (χ1n) is 10.8. The lowest BCUT2D eigenvalue weighted by Crippen LogP contribution is -2.53. The van der Waals surface area contributed by atoms with E-state index in [-0.39, 0.29) is 39.8 Å². The Balaban J connectivity index is -0.00000228. The smallest absolute Gasteiger partial charge is 0.237 e. The highest BCUT2D eigenvalue weighted by Crippen LogP contribution is 2.32. The standard InChI is InChI=1S/C22H29N7O5.ClH.5H2O/c1-28(2)19-17-20(25-10-24-19)29(11-26-17)22-18(31)16(15(9-30)34-22)27-21(32)14(23)8-12-4-6-13(33-3)7-5-12;;;;;;/h4-7,10-11,14-16,18,22,30-31H,8-9,23H2,1-3H3,(H,27,32);1H;5*1H2. The van der Waals surface area contributed by atoms with Crippen LogP contribution in [0.4, 0.5) is 5.82 Å². The zero-order valence-electron chi connectivity index (χ0n) is 22.1. The van der Waals surface area contributed by atoms with Gasteiger partial charge in [-0.05, 0) is 24.1 Å². The maximum absolute atomic E-state index is 12.8. The van der Waals surface area contributed by atoms with Gasteiger partial charge in [0, 0.05) is 14.1 Å². The molecule has 0 bridgehead atoms. The molecule has 4 rings (SSSR count). The van der Waals surface area contributed by atoms with Crippen molar-refractivity contribution in [3.8, 4) is 5.75 Å². The lowest BCUT2D eigenvalue weighted by atomic mass is 10.0. The Kier molecular flexibility index (Phi) is 18.0. The first-order valence-corrected chi connectivity index (χ1v) is 10.8. The summed E-state index contributed by atoms with van der Waals surface area (Å²) >= 11 is 0. The van der Waals surface area contributed by atoms with Gasteiger partial charge >= 0.3 is 0 Å². The molecule has 5 unspecified atom stereocenters. The lowest BCUT2D eigenvalue weighted by molar-refractivity contribution is -0.124. The molecule has 3 heterocycles. The van der Waals surface area contributed by atoms with E-state index < -0.39 is 43.0 Å². The predicted molar refractivity (Wildman–Crippen MR) is 149 cm³/mol. The maximum Gasteiger partial charge on any atom is 0.237 e. The highest BCUT2D eigenvalue weighted by atomic mass is 35.5. The van der Waals surface area contributed by atoms with Crippen LogP contribution in [-0.4, -0.2) is 115 Å². The number of hydrogen-bond donors (Lipinski definition) is 4. The van der Waals surface area contributed by atoms with E-state index in [2.05, 4.69) is 20.3 Å². The first kappa shape index (κ1) is 41.3. The number of halogens is 1. The summed E-state index contributed by atoms with van der Waals surface area (Å²) in [5.41, 5.74) is 7.98. The normalized spacial score (nSPS) is 19.6. The Bertz CT molecular complexity index is 1150. The number of imidazole rings is 1. The van der Waals surface area contributed by atoms with E-state index in [1.807, 2.05) is 26.2 Å². The number of nitrogens with one attached hydrogen (secondary N) is 1. The molecule has 230 valence electrons. The number of carbonyl (C=O) groups is 1. The number of hydrogen-bond acceptors (Lipinski definition) is 10. The zero-order valence-corrected chi connectivity index (χ0v) is 22.9. The minimum absolute atomic E-state index is 0. The monoisotopic (exact) mass is 597 g/mol. The number of amides is 1. The van der Waals surface area contributed by atoms with Crippen LogP contribution in [0.1, 0.15) is 11.8 Å². The average molecular weight is 598 g/mol. The number of methoxy groups -OCH3 is 1. The topological polar surface area (TPSA) is 318 Å². The fourth-order valence-electron chi connectivity index (χ4n) is 4.04. The second kappa shape index (κ2) is 17.5. The molecule has 1 saturated heterocycles. The summed E-state index contributed by atoms with van der Waals surface area (Å²) in [5.74, 6) is 0.861. The van der Waals surface area contributed by atoms with E-state index >= 15 is 0 Å². The average Bonchev–Trinajstić information content (AvgIpc) is 3.40. The number of nitrogens with zero attached hydrogens (tertiary/aromatic N) is 5. The van der Waals surface area contributed by atoms with Crippen LogP contribution < -0.4 is 20.7 Å². The zero-order chi connectivity index (χ0) is 24.4. The van der Waals surface area contributed by atoms with Crippen molar-refractivity contribution in [2.45, 2.75) is 36.9 Å². The van der Waals surface area contributed by atoms with Crippen LogP contribution in [0.25, 0.3) is 11.2 Å². The third-order valence-electron chi connectivity index (χ3n) is 5.85. The predicted octanol–water partition coefficient (Wildman–Crippen LogP) is -4.50. The fraction of sp³-hybridized carbons (Fsp3) is 0.455. The van der Waals surface area contributed by atoms with Crippen molar-refractivity contribution in [3.63, 3.8) is 0 Å². The molecular weight excluding hydrogens is 558 g/mol. The number of aliphatic hydroxyl groups excluding tert-OH is 2. The summed E-state index contributed by atoms with van der Waals surface area (Å²) in [7, 11) is 5.25. The number of rotatable bonds is 8. The molecule has 2 aromatic heterocycles. The van der Waals surface area contributed by atoms with Crippen LogP contribution >= 0.6 is 12.4 Å². The van der Waals surface area contributed by atoms with E-state index in [0.717, 1.165) is 5.56 Å². The third kappa shape index (κ3) is 8.15. The van der Waals surface area contributed by atoms with Gasteiger partial charge in [-0.15, -0.1) is 12.4 Å². The molecule has 3 aromatic rings. The summed E-state index contributed by atoms with van der Waals surface area (Å²) in [6, 6.07) is 5.52. The van der Waals surface area contributed by atoms with Gasteiger partial charge in [-0.25, -0.2) is 15.0 Å². The number of benzene rings is 1. The van der Waals surface area contributed by atoms with Gasteiger partial charge in [-0.2, -0.15) is 0 Å². The summed E-state index contributed by atoms with van der Waals surface area (Å²) in [4.78, 5) is 27.5. The van der Waals surface area contributed by atoms with Gasteiger partial charge in [0.15, 0.2) is 23.2 Å². The van der Waals surface area contributed by atoms with Crippen LogP contribution in [0.15, 0.2) is 36.9 Å². The quantitative estimate of drug-likeness (QED) is 0.193. The molecule has 1 aliphatic heterocycles. The largest absolute Gasteiger partial charge is 0.497 e. The van der Waals surface area contributed by atoms with E-state index in [4.69, 9.17) is 15.2 Å². The second-order valence-corrected chi connectivity index (χ2v) is 8.35. The summed E-state index contributed by atoms with van der Waals surface area (Å²) in [5, 5.41) is 23.6. The van der Waals surface area contributed by atoms with Crippen molar-refractivity contribution in [2.75, 3.05) is 32.7 Å². The highest BCUT2D eigenvalue weighted by Gasteiger charge is 2.46. The van der Waals surface area contributed by atoms with E-state index in [1.165, 1.54) is 12.7 Å². The van der Waals surface area contributed by atoms with Crippen LogP contribution in [0, 0.1) is 0 Å². The number of aromatic nitrogens is 4. The van der Waals surface area contributed by atoms with E-state index in [9.17, 15) is 15.0 Å². The van der Waals surface area contributed by atoms with Crippen molar-refractivity contribution < 1.29 is 51.9 Å². The Hall–Kier alpha value is -3.23. The van der Waals surface area contributed by atoms with Gasteiger partial charge in [0.1, 0.15) is 24.3 Å². The molecule has 0 aliphatic carbocycles. The molecule has 1 fully saturated rings. The Morgan fingerprint density at radius 3 is 2.33 bits per heavy atom. The highest BCUT2D eigenvalue weighted by molar-refractivity contribution is 5.85. The van der Waals surface area contributed by atoms with Gasteiger partial charge in [0.2, 0.25) is 5.91 Å². The van der Waals surface area contributed by atoms with Crippen molar-refractivity contribution in [2.24, 2.45) is 5.73 Å². The molecule has 0 saturated carbocycles. The molecule has 5 atom stereocenters. The van der Waals surface area contributed by atoms with E-state index in [0.29, 0.717) is 29.2 Å². The number of fused-ring (bicyclic) bond motifs is 1. The number of ether oxygens (including phenoxy) is 2. The molecule has 1 aliphatic rings. The molecule has 0 radical (unpaired) electrons. The van der Waals surface area contributed by atoms with Gasteiger partial charge in [0.25, 0.3) is 0 Å². The molecule has 0 spiro atoms. The number of nitrogens with two attached hydrogens (primary N) is 1. The second-order valence-electron chi connectivity index (χ2n) is 8.35. The van der Waals surface area contributed by atoms with E-state index in [1.54, 1.807) is 28.7 Å². The Morgan fingerprint density at radius 2 is 1.77 bits per heavy atom. The van der Waals surface area contributed by atoms with Crippen molar-refractivity contribution >= 4 is 35.3 Å². The van der Waals surface area contributed by atoms with Crippen LogP contribution in [-0.2, 0) is 16.0 Å². The number of anilines is 1. The molecular formula is C22H40ClN7O10. The maximum atomic E-state index is 12.8. The number of carbonyl (C=O) groups excluding carboxylic acids is 1. The van der Waals surface area contributed by atoms with Crippen LogP contribution in [0.5, 0.6) is 5.75 Å².